The summed E-state index contributed by atoms with van der Waals surface area (Å²) in [6.45, 7) is 5.87. The molecule has 6 atom stereocenters. The van der Waals surface area contributed by atoms with Crippen molar-refractivity contribution < 1.29 is 45.6 Å². The number of fused-ring (bicyclic) bond motifs is 1. The van der Waals surface area contributed by atoms with E-state index >= 15 is 0 Å². The number of carbonyl (C=O) groups is 3. The number of likely N-dealkylation sites (tertiary alicyclic amines) is 1. The molecule has 6 unspecified atom stereocenters. The minimum atomic E-state index is -6.07. The molecule has 0 aromatic rings. The molecule has 14 heteroatoms. The number of hydrogen-bond acceptors (Lipinski definition) is 9. The molecular weight excluding hydrogens is 703 g/mol. The van der Waals surface area contributed by atoms with Gasteiger partial charge >= 0.3 is 5.97 Å². The van der Waals surface area contributed by atoms with Crippen molar-refractivity contribution in [2.75, 3.05) is 0 Å². The molecule has 0 spiro atoms. The third-order valence-corrected chi connectivity index (χ3v) is 7.69. The molecule has 9 nitrogen and oxygen atoms in total. The Morgan fingerprint density at radius 2 is 1.80 bits per heavy atom. The van der Waals surface area contributed by atoms with Gasteiger partial charge in [0.2, 0.25) is 5.91 Å². The van der Waals surface area contributed by atoms with Gasteiger partial charge in [-0.1, -0.05) is 6.61 Å². The number of esters is 2. The zero-order valence-corrected chi connectivity index (χ0v) is 24.6. The number of ether oxygens (including phenoxy) is 2. The summed E-state index contributed by atoms with van der Waals surface area (Å²) in [6.07, 6.45) is -0.856. The Bertz CT molecular complexity index is 862. The number of alkyl halides is 2. The van der Waals surface area contributed by atoms with Crippen LogP contribution in [-0.2, 0) is 34.0 Å². The van der Waals surface area contributed by atoms with Crippen molar-refractivity contribution in [3.05, 3.63) is 6.61 Å². The minimum Gasteiger partial charge on any atom is -0.746 e. The largest absolute Gasteiger partial charge is 0.746 e. The van der Waals surface area contributed by atoms with Crippen LogP contribution in [0.1, 0.15) is 27.7 Å². The second-order valence-electron chi connectivity index (χ2n) is 8.13. The van der Waals surface area contributed by atoms with Crippen LogP contribution in [0.2, 0.25) is 0 Å². The molecule has 3 saturated heterocycles. The van der Waals surface area contributed by atoms with Gasteiger partial charge in [-0.15, -0.1) is 11.8 Å². The van der Waals surface area contributed by atoms with Crippen molar-refractivity contribution in [2.24, 2.45) is 11.8 Å². The van der Waals surface area contributed by atoms with E-state index in [1.54, 1.807) is 20.8 Å². The molecule has 3 fully saturated rings. The molecule has 3 rings (SSSR count). The zero-order chi connectivity index (χ0) is 22.1. The molecule has 3 heterocycles. The smallest absolute Gasteiger partial charge is 0.303 e. The van der Waals surface area contributed by atoms with E-state index in [1.165, 1.54) is 23.6 Å². The van der Waals surface area contributed by atoms with Gasteiger partial charge in [0.05, 0.1) is 23.1 Å². The van der Waals surface area contributed by atoms with E-state index in [1.807, 2.05) is 0 Å². The summed E-state index contributed by atoms with van der Waals surface area (Å²) in [5, 5.41) is -6.06. The first kappa shape index (κ1) is 23.8. The first-order valence-electron chi connectivity index (χ1n) is 8.62. The quantitative estimate of drug-likeness (QED) is 0.227. The van der Waals surface area contributed by atoms with Crippen LogP contribution in [0.3, 0.4) is 0 Å². The van der Waals surface area contributed by atoms with E-state index in [0.717, 1.165) is 0 Å². The Kier molecular flexibility index (Phi) is 5.59. The summed E-state index contributed by atoms with van der Waals surface area (Å²) in [5.41, 5.74) is -0.656. The maximum Gasteiger partial charge on any atom is 0.303 e. The molecular formula is C16H19F2NO8RfS2-2. The fourth-order valence-electron chi connectivity index (χ4n) is 4.26. The van der Waals surface area contributed by atoms with Gasteiger partial charge in [-0.3, -0.25) is 14.4 Å². The van der Waals surface area contributed by atoms with Gasteiger partial charge < -0.3 is 18.9 Å². The minimum absolute atomic E-state index is 0. The molecule has 0 aromatic carbocycles. The van der Waals surface area contributed by atoms with Crippen molar-refractivity contribution in [3.63, 3.8) is 0 Å². The number of nitrogens with zero attached hydrogens (tertiary/aromatic N) is 1. The average Bonchev–Trinajstić information content (AvgIpc) is 3.12. The van der Waals surface area contributed by atoms with Crippen molar-refractivity contribution >= 4 is 39.7 Å². The number of thioether (sulfide) groups is 1. The second kappa shape index (κ2) is 7.05. The van der Waals surface area contributed by atoms with Crippen LogP contribution in [0.25, 0.3) is 0 Å². The second-order valence-corrected chi connectivity index (χ2v) is 10.9. The monoisotopic (exact) mass is 722 g/mol. The van der Waals surface area contributed by atoms with Gasteiger partial charge in [0.25, 0.3) is 11.2 Å². The van der Waals surface area contributed by atoms with Crippen LogP contribution in [0.5, 0.6) is 0 Å². The summed E-state index contributed by atoms with van der Waals surface area (Å²) < 4.78 is 68.0. The Hall–Kier alpha value is -2.47. The molecule has 0 aromatic heterocycles. The van der Waals surface area contributed by atoms with Gasteiger partial charge in [-0.05, 0) is 20.8 Å². The first-order valence-corrected chi connectivity index (χ1v) is 11.0. The van der Waals surface area contributed by atoms with E-state index < -0.39 is 79.8 Å². The summed E-state index contributed by atoms with van der Waals surface area (Å²) in [7, 11) is -6.07. The van der Waals surface area contributed by atoms with Crippen LogP contribution in [-0.4, -0.2) is 69.2 Å². The number of hydrogen-bond donors (Lipinski definition) is 0. The van der Waals surface area contributed by atoms with Gasteiger partial charge in [0.15, 0.2) is 0 Å². The fraction of sp³-hybridized carbons (Fsp3) is 0.750. The predicted molar refractivity (Wildman–Crippen MR) is 93.1 cm³/mol. The molecule has 0 N–H and O–H groups in total. The molecule has 3 aliphatic heterocycles. The Morgan fingerprint density at radius 1 is 1.23 bits per heavy atom. The van der Waals surface area contributed by atoms with E-state index in [2.05, 4.69) is 4.74 Å². The van der Waals surface area contributed by atoms with Gasteiger partial charge in [0, 0.05) is 17.7 Å². The Balaban J connectivity index is 0.00000320. The number of carbonyl (C=O) groups excluding carboxylic acids is 3. The van der Waals surface area contributed by atoms with E-state index in [4.69, 9.17) is 4.74 Å². The average molecular weight is 722 g/mol. The molecule has 0 saturated carbocycles. The topological polar surface area (TPSA) is 130 Å². The number of rotatable bonds is 5. The van der Waals surface area contributed by atoms with Crippen molar-refractivity contribution in [1.29, 1.82) is 0 Å². The normalized spacial score (nSPS) is 32.8. The van der Waals surface area contributed by atoms with Gasteiger partial charge in [-0.2, -0.15) is 0 Å². The van der Waals surface area contributed by atoms with Crippen LogP contribution < -0.4 is 0 Å². The fourth-order valence-corrected chi connectivity index (χ4v) is 6.50. The third-order valence-electron chi connectivity index (χ3n) is 5.17. The SMILES string of the molecule is CC(=O)OC1C2SC3C(C(=O)N(C(C)(C)C)C13)C2C(=O)O[CH-]C(F)(F)S(=O)(=O)[O-].[Rf]. The van der Waals surface area contributed by atoms with E-state index in [0.29, 0.717) is 0 Å². The van der Waals surface area contributed by atoms with Crippen LogP contribution in [0, 0.1) is 18.4 Å². The van der Waals surface area contributed by atoms with Crippen LogP contribution >= 0.6 is 11.8 Å². The summed E-state index contributed by atoms with van der Waals surface area (Å²) >= 11 is 1.24. The summed E-state index contributed by atoms with van der Waals surface area (Å²) in [5.74, 6) is -4.43. The number of halogens is 2. The van der Waals surface area contributed by atoms with Crippen LogP contribution in [0.4, 0.5) is 8.78 Å². The van der Waals surface area contributed by atoms with Gasteiger partial charge in [-0.25, -0.2) is 17.2 Å². The molecule has 0 aliphatic carbocycles. The van der Waals surface area contributed by atoms with E-state index in [-0.39, 0.29) is 0 Å². The number of amides is 1. The Labute approximate surface area is 170 Å². The van der Waals surface area contributed by atoms with Crippen molar-refractivity contribution in [1.82, 2.24) is 4.90 Å². The standard InChI is InChI=1S/C16H20F2NO8S2.Rf/c1-6(20)27-10-9-11-7(13(21)19(9)15(2,3)4)8(12(10)28-11)14(22)26-5-16(17,18)29(23,24)25;/h5,7-12H,1-4H3,(H,23,24,25);/q-1;/p-1. The molecule has 166 valence electrons. The van der Waals surface area contributed by atoms with Crippen LogP contribution in [0.15, 0.2) is 0 Å². The maximum absolute atomic E-state index is 13.3. The summed E-state index contributed by atoms with van der Waals surface area (Å²) in [6, 6.07) is -0.483. The molecule has 3 aliphatic rings. The molecule has 30 heavy (non-hydrogen) atoms. The van der Waals surface area contributed by atoms with Gasteiger partial charge in [0.1, 0.15) is 16.2 Å². The summed E-state index contributed by atoms with van der Waals surface area (Å²) in [4.78, 5) is 38.7. The predicted octanol–water partition coefficient (Wildman–Crippen LogP) is 0.500. The Morgan fingerprint density at radius 3 is 2.27 bits per heavy atom. The maximum atomic E-state index is 13.3. The molecule has 2 bridgehead atoms. The van der Waals surface area contributed by atoms with E-state index in [9.17, 15) is 36.1 Å². The molecule has 1 amide bonds. The van der Waals surface area contributed by atoms with Crippen molar-refractivity contribution in [2.45, 2.75) is 61.1 Å². The zero-order valence-electron chi connectivity index (χ0n) is 16.5. The van der Waals surface area contributed by atoms with Crippen molar-refractivity contribution in [3.8, 4) is 0 Å². The molecule has 0 radical (unpaired) electrons. The first-order chi connectivity index (χ1) is 13.1. The third kappa shape index (κ3) is 3.47.